The molecular weight excluding hydrogens is 220 g/mol. The Morgan fingerprint density at radius 1 is 1.18 bits per heavy atom. The fourth-order valence-corrected chi connectivity index (χ4v) is 2.19. The fraction of sp³-hybridized carbons (Fsp3) is 0.636. The summed E-state index contributed by atoms with van der Waals surface area (Å²) >= 11 is 0. The lowest BCUT2D eigenvalue weighted by Gasteiger charge is -2.26. The Bertz CT molecular complexity index is 485. The van der Waals surface area contributed by atoms with E-state index in [0.717, 1.165) is 19.6 Å². The first kappa shape index (κ1) is 11.9. The van der Waals surface area contributed by atoms with Crippen LogP contribution in [0.4, 0.5) is 5.82 Å². The Balaban J connectivity index is 2.03. The molecule has 0 amide bonds. The molecule has 6 heteroatoms. The summed E-state index contributed by atoms with van der Waals surface area (Å²) < 4.78 is 1.41. The van der Waals surface area contributed by atoms with Crippen LogP contribution in [0.5, 0.6) is 0 Å². The molecule has 1 fully saturated rings. The van der Waals surface area contributed by atoms with E-state index in [1.54, 1.807) is 0 Å². The van der Waals surface area contributed by atoms with E-state index in [1.165, 1.54) is 29.9 Å². The number of aromatic amines is 1. The summed E-state index contributed by atoms with van der Waals surface area (Å²) in [5.41, 5.74) is 4.80. The predicted octanol–water partition coefficient (Wildman–Crippen LogP) is -0.395. The highest BCUT2D eigenvalue weighted by molar-refractivity contribution is 5.26. The van der Waals surface area contributed by atoms with Gasteiger partial charge in [0.25, 0.3) is 5.56 Å². The maximum absolute atomic E-state index is 11.5. The Labute approximate surface area is 99.1 Å². The molecule has 0 radical (unpaired) electrons. The van der Waals surface area contributed by atoms with Gasteiger partial charge < -0.3 is 10.6 Å². The zero-order chi connectivity index (χ0) is 12.3. The summed E-state index contributed by atoms with van der Waals surface area (Å²) in [4.78, 5) is 27.1. The van der Waals surface area contributed by atoms with Gasteiger partial charge in [-0.15, -0.1) is 0 Å². The van der Waals surface area contributed by atoms with Gasteiger partial charge in [0.1, 0.15) is 5.82 Å². The molecule has 1 aliphatic heterocycles. The van der Waals surface area contributed by atoms with E-state index in [1.807, 2.05) is 0 Å². The molecule has 0 aliphatic carbocycles. The summed E-state index contributed by atoms with van der Waals surface area (Å²) in [7, 11) is 0. The number of nitrogens with one attached hydrogen (secondary N) is 1. The van der Waals surface area contributed by atoms with Crippen molar-refractivity contribution in [3.63, 3.8) is 0 Å². The van der Waals surface area contributed by atoms with Crippen molar-refractivity contribution in [2.45, 2.75) is 25.8 Å². The quantitative estimate of drug-likeness (QED) is 0.750. The third kappa shape index (κ3) is 2.97. The Hall–Kier alpha value is -1.56. The van der Waals surface area contributed by atoms with Crippen molar-refractivity contribution in [3.05, 3.63) is 26.9 Å². The normalized spacial score (nSPS) is 17.2. The lowest BCUT2D eigenvalue weighted by atomic mass is 10.1. The van der Waals surface area contributed by atoms with Crippen LogP contribution in [-0.2, 0) is 6.54 Å². The smallest absolute Gasteiger partial charge is 0.329 e. The minimum atomic E-state index is -0.443. The molecule has 0 aromatic carbocycles. The molecule has 0 atom stereocenters. The molecule has 17 heavy (non-hydrogen) atoms. The number of hydrogen-bond donors (Lipinski definition) is 2. The number of nitrogens with zero attached hydrogens (tertiary/aromatic N) is 2. The van der Waals surface area contributed by atoms with Crippen LogP contribution >= 0.6 is 0 Å². The van der Waals surface area contributed by atoms with Crippen molar-refractivity contribution < 1.29 is 0 Å². The molecule has 3 N–H and O–H groups in total. The minimum absolute atomic E-state index is 0.232. The molecule has 1 aromatic heterocycles. The second kappa shape index (κ2) is 5.18. The number of rotatable bonds is 3. The number of likely N-dealkylation sites (tertiary alicyclic amines) is 1. The molecule has 1 aliphatic rings. The van der Waals surface area contributed by atoms with Crippen molar-refractivity contribution in [3.8, 4) is 0 Å². The summed E-state index contributed by atoms with van der Waals surface area (Å²) in [6, 6.07) is 1.25. The van der Waals surface area contributed by atoms with Crippen LogP contribution in [-0.4, -0.2) is 34.1 Å². The number of piperidine rings is 1. The molecule has 94 valence electrons. The molecule has 2 rings (SSSR count). The zero-order valence-corrected chi connectivity index (χ0v) is 9.82. The average molecular weight is 238 g/mol. The van der Waals surface area contributed by atoms with Crippen LogP contribution in [0.3, 0.4) is 0 Å². The number of nitrogen functional groups attached to an aromatic ring is 1. The van der Waals surface area contributed by atoms with E-state index >= 15 is 0 Å². The summed E-state index contributed by atoms with van der Waals surface area (Å²) in [6.45, 7) is 3.49. The summed E-state index contributed by atoms with van der Waals surface area (Å²) in [6.07, 6.45) is 3.73. The summed E-state index contributed by atoms with van der Waals surface area (Å²) in [5, 5.41) is 0. The molecule has 0 unspecified atom stereocenters. The van der Waals surface area contributed by atoms with E-state index in [2.05, 4.69) is 9.88 Å². The second-order valence-electron chi connectivity index (χ2n) is 4.42. The molecule has 1 aromatic rings. The zero-order valence-electron chi connectivity index (χ0n) is 9.82. The third-order valence-electron chi connectivity index (χ3n) is 3.15. The molecule has 0 saturated carbocycles. The highest BCUT2D eigenvalue weighted by Crippen LogP contribution is 2.08. The van der Waals surface area contributed by atoms with Gasteiger partial charge in [-0.05, 0) is 25.9 Å². The van der Waals surface area contributed by atoms with Crippen molar-refractivity contribution in [1.82, 2.24) is 14.5 Å². The van der Waals surface area contributed by atoms with E-state index < -0.39 is 11.2 Å². The van der Waals surface area contributed by atoms with Crippen molar-refractivity contribution in [2.75, 3.05) is 25.4 Å². The maximum Gasteiger partial charge on any atom is 0.329 e. The van der Waals surface area contributed by atoms with Gasteiger partial charge in [0.2, 0.25) is 0 Å². The number of nitrogens with two attached hydrogens (primary N) is 1. The molecule has 0 bridgehead atoms. The molecule has 0 spiro atoms. The van der Waals surface area contributed by atoms with Crippen LogP contribution < -0.4 is 17.0 Å². The highest BCUT2D eigenvalue weighted by Gasteiger charge is 2.10. The van der Waals surface area contributed by atoms with Crippen LogP contribution in [0.1, 0.15) is 19.3 Å². The first-order valence-corrected chi connectivity index (χ1v) is 5.99. The van der Waals surface area contributed by atoms with E-state index in [9.17, 15) is 9.59 Å². The SMILES string of the molecule is Nc1cc(=O)[nH]c(=O)n1CCN1CCCCC1. The molecule has 1 saturated heterocycles. The molecule has 2 heterocycles. The second-order valence-corrected chi connectivity index (χ2v) is 4.42. The average Bonchev–Trinajstić information content (AvgIpc) is 2.29. The number of aromatic nitrogens is 2. The van der Waals surface area contributed by atoms with Crippen LogP contribution in [0.15, 0.2) is 15.7 Å². The third-order valence-corrected chi connectivity index (χ3v) is 3.15. The first-order chi connectivity index (χ1) is 8.16. The van der Waals surface area contributed by atoms with Crippen molar-refractivity contribution in [1.29, 1.82) is 0 Å². The van der Waals surface area contributed by atoms with Crippen LogP contribution in [0.25, 0.3) is 0 Å². The molecular formula is C11H18N4O2. The van der Waals surface area contributed by atoms with Crippen LogP contribution in [0, 0.1) is 0 Å². The highest BCUT2D eigenvalue weighted by atomic mass is 16.2. The van der Waals surface area contributed by atoms with Gasteiger partial charge in [0, 0.05) is 19.2 Å². The number of hydrogen-bond acceptors (Lipinski definition) is 4. The first-order valence-electron chi connectivity index (χ1n) is 5.99. The number of H-pyrrole nitrogens is 1. The van der Waals surface area contributed by atoms with Gasteiger partial charge in [-0.1, -0.05) is 6.42 Å². The Morgan fingerprint density at radius 3 is 2.53 bits per heavy atom. The van der Waals surface area contributed by atoms with Gasteiger partial charge in [-0.25, -0.2) is 4.79 Å². The largest absolute Gasteiger partial charge is 0.385 e. The van der Waals surface area contributed by atoms with E-state index in [-0.39, 0.29) is 5.82 Å². The fourth-order valence-electron chi connectivity index (χ4n) is 2.19. The summed E-state index contributed by atoms with van der Waals surface area (Å²) in [5.74, 6) is 0.232. The lowest BCUT2D eigenvalue weighted by Crippen LogP contribution is -2.37. The van der Waals surface area contributed by atoms with Gasteiger partial charge in [-0.2, -0.15) is 0 Å². The van der Waals surface area contributed by atoms with Gasteiger partial charge in [-0.3, -0.25) is 14.3 Å². The van der Waals surface area contributed by atoms with Gasteiger partial charge in [0.15, 0.2) is 0 Å². The van der Waals surface area contributed by atoms with Crippen molar-refractivity contribution in [2.24, 2.45) is 0 Å². The van der Waals surface area contributed by atoms with Crippen molar-refractivity contribution >= 4 is 5.82 Å². The topological polar surface area (TPSA) is 84.1 Å². The minimum Gasteiger partial charge on any atom is -0.385 e. The monoisotopic (exact) mass is 238 g/mol. The number of anilines is 1. The predicted molar refractivity (Wildman–Crippen MR) is 66.0 cm³/mol. The van der Waals surface area contributed by atoms with E-state index in [4.69, 9.17) is 5.73 Å². The standard InChI is InChI=1S/C11H18N4O2/c12-9-8-10(16)13-11(17)15(9)7-6-14-4-2-1-3-5-14/h8H,1-7,12H2,(H,13,16,17). The Kier molecular flexibility index (Phi) is 3.63. The molecule has 6 nitrogen and oxygen atoms in total. The van der Waals surface area contributed by atoms with Crippen LogP contribution in [0.2, 0.25) is 0 Å². The maximum atomic E-state index is 11.5. The lowest BCUT2D eigenvalue weighted by molar-refractivity contribution is 0.220. The van der Waals surface area contributed by atoms with E-state index in [0.29, 0.717) is 6.54 Å². The Morgan fingerprint density at radius 2 is 1.88 bits per heavy atom. The van der Waals surface area contributed by atoms with Gasteiger partial charge in [0.05, 0.1) is 0 Å². The van der Waals surface area contributed by atoms with Gasteiger partial charge >= 0.3 is 5.69 Å².